The molecule has 0 radical (unpaired) electrons. The molecule has 5 heteroatoms. The molecule has 0 aromatic heterocycles. The van der Waals surface area contributed by atoms with E-state index in [1.807, 2.05) is 23.1 Å². The lowest BCUT2D eigenvalue weighted by atomic mass is 10.1. The Morgan fingerprint density at radius 3 is 2.68 bits per heavy atom. The van der Waals surface area contributed by atoms with Crippen LogP contribution in [0.1, 0.15) is 36.0 Å². The third kappa shape index (κ3) is 4.67. The fourth-order valence-electron chi connectivity index (χ4n) is 2.93. The number of rotatable bonds is 4. The highest BCUT2D eigenvalue weighted by atomic mass is 35.5. The molecule has 0 aliphatic carbocycles. The Balaban J connectivity index is 1.89. The maximum atomic E-state index is 13.1. The maximum absolute atomic E-state index is 13.1. The molecule has 0 amide bonds. The molecule has 1 aliphatic heterocycles. The van der Waals surface area contributed by atoms with Crippen molar-refractivity contribution in [1.82, 2.24) is 0 Å². The maximum Gasteiger partial charge on any atom is 0.182 e. The number of hydrogen-bond acceptors (Lipinski definition) is 3. The first kappa shape index (κ1) is 17.6. The average molecular weight is 359 g/mol. The molecule has 0 fully saturated rings. The van der Waals surface area contributed by atoms with Gasteiger partial charge in [0.25, 0.3) is 0 Å². The van der Waals surface area contributed by atoms with Crippen molar-refractivity contribution in [3.05, 3.63) is 64.9 Å². The Bertz CT molecular complexity index is 774. The first-order chi connectivity index (χ1) is 12.1. The van der Waals surface area contributed by atoms with Crippen LogP contribution in [0.4, 0.5) is 10.1 Å². The van der Waals surface area contributed by atoms with Gasteiger partial charge in [-0.25, -0.2) is 4.39 Å². The zero-order chi connectivity index (χ0) is 17.6. The van der Waals surface area contributed by atoms with Gasteiger partial charge in [0.05, 0.1) is 6.54 Å². The molecule has 0 unspecified atom stereocenters. The SMILES string of the molecule is O=C(CN(C1=NCCCCC1)c1cccc(Cl)c1)c1ccc(F)cc1. The van der Waals surface area contributed by atoms with E-state index in [2.05, 4.69) is 4.99 Å². The lowest BCUT2D eigenvalue weighted by Crippen LogP contribution is -2.36. The van der Waals surface area contributed by atoms with Crippen LogP contribution in [0.2, 0.25) is 5.02 Å². The molecular formula is C20H20ClFN2O. The average Bonchev–Trinajstić information content (AvgIpc) is 2.89. The number of aliphatic imine (C=N–C) groups is 1. The van der Waals surface area contributed by atoms with Gasteiger partial charge >= 0.3 is 0 Å². The minimum Gasteiger partial charge on any atom is -0.322 e. The minimum atomic E-state index is -0.351. The first-order valence-corrected chi connectivity index (χ1v) is 8.86. The summed E-state index contributed by atoms with van der Waals surface area (Å²) in [5, 5.41) is 0.617. The van der Waals surface area contributed by atoms with E-state index in [0.717, 1.165) is 43.8 Å². The molecule has 1 heterocycles. The number of anilines is 1. The molecule has 0 atom stereocenters. The van der Waals surface area contributed by atoms with Crippen LogP contribution >= 0.6 is 11.6 Å². The number of ketones is 1. The molecule has 2 aromatic rings. The second-order valence-corrected chi connectivity index (χ2v) is 6.54. The van der Waals surface area contributed by atoms with Gasteiger partial charge in [-0.3, -0.25) is 9.79 Å². The van der Waals surface area contributed by atoms with E-state index < -0.39 is 0 Å². The van der Waals surface area contributed by atoms with Crippen LogP contribution in [0.3, 0.4) is 0 Å². The summed E-state index contributed by atoms with van der Waals surface area (Å²) in [5.41, 5.74) is 1.34. The molecule has 130 valence electrons. The Morgan fingerprint density at radius 2 is 1.92 bits per heavy atom. The lowest BCUT2D eigenvalue weighted by Gasteiger charge is -2.26. The quantitative estimate of drug-likeness (QED) is 0.709. The molecule has 0 spiro atoms. The van der Waals surface area contributed by atoms with Gasteiger partial charge < -0.3 is 4.90 Å². The Hall–Kier alpha value is -2.20. The highest BCUT2D eigenvalue weighted by Crippen LogP contribution is 2.23. The first-order valence-electron chi connectivity index (χ1n) is 8.49. The number of hydrogen-bond donors (Lipinski definition) is 0. The third-order valence-electron chi connectivity index (χ3n) is 4.25. The molecule has 2 aromatic carbocycles. The Labute approximate surface area is 152 Å². The number of carbonyl (C=O) groups is 1. The van der Waals surface area contributed by atoms with Crippen molar-refractivity contribution in [1.29, 1.82) is 0 Å². The van der Waals surface area contributed by atoms with E-state index in [0.29, 0.717) is 10.6 Å². The summed E-state index contributed by atoms with van der Waals surface area (Å²) in [4.78, 5) is 19.3. The van der Waals surface area contributed by atoms with Gasteiger partial charge in [0.2, 0.25) is 0 Å². The second kappa shape index (κ2) is 8.26. The van der Waals surface area contributed by atoms with Gasteiger partial charge in [-0.05, 0) is 55.3 Å². The van der Waals surface area contributed by atoms with Gasteiger partial charge in [0, 0.05) is 29.2 Å². The number of amidine groups is 1. The monoisotopic (exact) mass is 358 g/mol. The van der Waals surface area contributed by atoms with E-state index in [-0.39, 0.29) is 18.1 Å². The topological polar surface area (TPSA) is 32.7 Å². The highest BCUT2D eigenvalue weighted by molar-refractivity contribution is 6.31. The lowest BCUT2D eigenvalue weighted by molar-refractivity contribution is 0.100. The summed E-state index contributed by atoms with van der Waals surface area (Å²) in [6.45, 7) is 0.932. The Morgan fingerprint density at radius 1 is 1.12 bits per heavy atom. The molecular weight excluding hydrogens is 339 g/mol. The summed E-state index contributed by atoms with van der Waals surface area (Å²) >= 11 is 6.14. The van der Waals surface area contributed by atoms with Crippen LogP contribution in [0.15, 0.2) is 53.5 Å². The van der Waals surface area contributed by atoms with Crippen molar-refractivity contribution in [2.24, 2.45) is 4.99 Å². The third-order valence-corrected chi connectivity index (χ3v) is 4.49. The Kier molecular flexibility index (Phi) is 5.82. The molecule has 0 N–H and O–H groups in total. The van der Waals surface area contributed by atoms with Crippen LogP contribution in [0.25, 0.3) is 0 Å². The van der Waals surface area contributed by atoms with Gasteiger partial charge in [0.15, 0.2) is 5.78 Å². The van der Waals surface area contributed by atoms with Crippen molar-refractivity contribution in [3.63, 3.8) is 0 Å². The highest BCUT2D eigenvalue weighted by Gasteiger charge is 2.19. The van der Waals surface area contributed by atoms with E-state index in [4.69, 9.17) is 11.6 Å². The van der Waals surface area contributed by atoms with Crippen LogP contribution in [-0.2, 0) is 0 Å². The summed E-state index contributed by atoms with van der Waals surface area (Å²) in [6.07, 6.45) is 4.10. The molecule has 0 bridgehead atoms. The minimum absolute atomic E-state index is 0.0769. The number of Topliss-reactive ketones (excluding diaryl/α,β-unsaturated/α-hetero) is 1. The summed E-state index contributed by atoms with van der Waals surface area (Å²) in [7, 11) is 0. The van der Waals surface area contributed by atoms with Crippen LogP contribution in [0.5, 0.6) is 0 Å². The molecule has 0 saturated heterocycles. The number of halogens is 2. The van der Waals surface area contributed by atoms with Crippen LogP contribution < -0.4 is 4.90 Å². The molecule has 0 saturated carbocycles. The molecule has 25 heavy (non-hydrogen) atoms. The van der Waals surface area contributed by atoms with Crippen molar-refractivity contribution in [3.8, 4) is 0 Å². The standard InChI is InChI=1S/C20H20ClFN2O/c21-16-5-4-6-18(13-16)24(20-7-2-1-3-12-23-20)14-19(25)15-8-10-17(22)11-9-15/h4-6,8-11,13H,1-3,7,12,14H2. The fourth-order valence-corrected chi connectivity index (χ4v) is 3.11. The van der Waals surface area contributed by atoms with Gasteiger partial charge in [-0.1, -0.05) is 24.1 Å². The van der Waals surface area contributed by atoms with Gasteiger partial charge in [-0.15, -0.1) is 0 Å². The van der Waals surface area contributed by atoms with Gasteiger partial charge in [0.1, 0.15) is 11.7 Å². The van der Waals surface area contributed by atoms with Crippen LogP contribution in [0, 0.1) is 5.82 Å². The van der Waals surface area contributed by atoms with E-state index in [9.17, 15) is 9.18 Å². The van der Waals surface area contributed by atoms with Crippen LogP contribution in [-0.4, -0.2) is 24.7 Å². The smallest absolute Gasteiger partial charge is 0.182 e. The van der Waals surface area contributed by atoms with Crippen molar-refractivity contribution >= 4 is 28.9 Å². The van der Waals surface area contributed by atoms with Crippen molar-refractivity contribution in [2.75, 3.05) is 18.0 Å². The van der Waals surface area contributed by atoms with Gasteiger partial charge in [-0.2, -0.15) is 0 Å². The summed E-state index contributed by atoms with van der Waals surface area (Å²) in [6, 6.07) is 13.1. The zero-order valence-corrected chi connectivity index (χ0v) is 14.7. The fraction of sp³-hybridized carbons (Fsp3) is 0.300. The summed E-state index contributed by atoms with van der Waals surface area (Å²) in [5.74, 6) is 0.485. The predicted molar refractivity (Wildman–Crippen MR) is 100 cm³/mol. The van der Waals surface area contributed by atoms with E-state index in [1.165, 1.54) is 24.3 Å². The zero-order valence-electron chi connectivity index (χ0n) is 13.9. The summed E-state index contributed by atoms with van der Waals surface area (Å²) < 4.78 is 13.1. The number of benzene rings is 2. The van der Waals surface area contributed by atoms with Crippen molar-refractivity contribution < 1.29 is 9.18 Å². The largest absolute Gasteiger partial charge is 0.322 e. The molecule has 3 nitrogen and oxygen atoms in total. The molecule has 3 rings (SSSR count). The molecule has 1 aliphatic rings. The number of nitrogens with zero attached hydrogens (tertiary/aromatic N) is 2. The normalized spacial score (nSPS) is 14.6. The number of carbonyl (C=O) groups excluding carboxylic acids is 1. The second-order valence-electron chi connectivity index (χ2n) is 6.10. The predicted octanol–water partition coefficient (Wildman–Crippen LogP) is 5.14. The van der Waals surface area contributed by atoms with E-state index >= 15 is 0 Å². The van der Waals surface area contributed by atoms with E-state index in [1.54, 1.807) is 6.07 Å². The van der Waals surface area contributed by atoms with Crippen molar-refractivity contribution in [2.45, 2.75) is 25.7 Å².